The van der Waals surface area contributed by atoms with Crippen molar-refractivity contribution in [2.45, 2.75) is 11.8 Å². The number of aryl methyl sites for hydroxylation is 1. The van der Waals surface area contributed by atoms with Gasteiger partial charge in [0.05, 0.1) is 22.3 Å². The van der Waals surface area contributed by atoms with Gasteiger partial charge in [-0.3, -0.25) is 14.1 Å². The summed E-state index contributed by atoms with van der Waals surface area (Å²) in [6.07, 6.45) is 2.94. The fourth-order valence-electron chi connectivity index (χ4n) is 3.71. The number of para-hydroxylation sites is 1. The van der Waals surface area contributed by atoms with Gasteiger partial charge in [-0.2, -0.15) is 0 Å². The SMILES string of the molecule is Cc1ccc(S(=O)(=O)N(C)c2cncc(C(=O)N3CCN(c4ccccc4)CC3)c2)cc1. The molecule has 1 fully saturated rings. The van der Waals surface area contributed by atoms with Crippen molar-refractivity contribution in [3.05, 3.63) is 84.2 Å². The van der Waals surface area contributed by atoms with E-state index in [-0.39, 0.29) is 10.8 Å². The lowest BCUT2D eigenvalue weighted by atomic mass is 10.2. The number of sulfonamides is 1. The van der Waals surface area contributed by atoms with Gasteiger partial charge in [0.1, 0.15) is 0 Å². The highest BCUT2D eigenvalue weighted by molar-refractivity contribution is 7.92. The van der Waals surface area contributed by atoms with Gasteiger partial charge >= 0.3 is 0 Å². The minimum absolute atomic E-state index is 0.145. The van der Waals surface area contributed by atoms with Crippen molar-refractivity contribution in [1.82, 2.24) is 9.88 Å². The minimum Gasteiger partial charge on any atom is -0.368 e. The van der Waals surface area contributed by atoms with Crippen LogP contribution in [0.3, 0.4) is 0 Å². The molecule has 2 aromatic carbocycles. The van der Waals surface area contributed by atoms with Crippen LogP contribution in [0.25, 0.3) is 0 Å². The second kappa shape index (κ2) is 9.00. The Morgan fingerprint density at radius 3 is 2.25 bits per heavy atom. The quantitative estimate of drug-likeness (QED) is 0.597. The van der Waals surface area contributed by atoms with E-state index in [0.717, 1.165) is 28.6 Å². The van der Waals surface area contributed by atoms with Crippen molar-refractivity contribution in [2.24, 2.45) is 0 Å². The van der Waals surface area contributed by atoms with E-state index in [0.29, 0.717) is 24.3 Å². The van der Waals surface area contributed by atoms with Gasteiger partial charge in [-0.1, -0.05) is 35.9 Å². The average Bonchev–Trinajstić information content (AvgIpc) is 2.84. The summed E-state index contributed by atoms with van der Waals surface area (Å²) in [7, 11) is -2.28. The zero-order valence-corrected chi connectivity index (χ0v) is 19.0. The number of carbonyl (C=O) groups excluding carboxylic acids is 1. The van der Waals surface area contributed by atoms with Crippen molar-refractivity contribution < 1.29 is 13.2 Å². The number of carbonyl (C=O) groups is 1. The van der Waals surface area contributed by atoms with Crippen LogP contribution in [0.15, 0.2) is 78.0 Å². The Bertz CT molecular complexity index is 1190. The van der Waals surface area contributed by atoms with Gasteiger partial charge in [0.2, 0.25) is 0 Å². The molecule has 0 aliphatic carbocycles. The van der Waals surface area contributed by atoms with Crippen LogP contribution in [0.5, 0.6) is 0 Å². The van der Waals surface area contributed by atoms with Crippen LogP contribution in [0.4, 0.5) is 11.4 Å². The van der Waals surface area contributed by atoms with Crippen molar-refractivity contribution >= 4 is 27.3 Å². The predicted molar refractivity (Wildman–Crippen MR) is 126 cm³/mol. The lowest BCUT2D eigenvalue weighted by Gasteiger charge is -2.36. The van der Waals surface area contributed by atoms with Gasteiger partial charge in [-0.15, -0.1) is 0 Å². The van der Waals surface area contributed by atoms with Crippen LogP contribution < -0.4 is 9.21 Å². The molecule has 1 aromatic heterocycles. The first kappa shape index (κ1) is 21.8. The molecule has 1 saturated heterocycles. The van der Waals surface area contributed by atoms with E-state index in [4.69, 9.17) is 0 Å². The van der Waals surface area contributed by atoms with Crippen LogP contribution in [0.1, 0.15) is 15.9 Å². The molecule has 0 N–H and O–H groups in total. The molecule has 7 nitrogen and oxygen atoms in total. The Kier molecular flexibility index (Phi) is 6.14. The van der Waals surface area contributed by atoms with Gasteiger partial charge in [-0.25, -0.2) is 8.42 Å². The summed E-state index contributed by atoms with van der Waals surface area (Å²) in [6.45, 7) is 4.57. The Labute approximate surface area is 189 Å². The van der Waals surface area contributed by atoms with Crippen LogP contribution in [0.2, 0.25) is 0 Å². The second-order valence-electron chi connectivity index (χ2n) is 7.83. The summed E-state index contributed by atoms with van der Waals surface area (Å²) in [5.41, 5.74) is 2.85. The molecule has 1 aliphatic rings. The maximum atomic E-state index is 13.1. The molecule has 4 rings (SSSR count). The standard InChI is InChI=1S/C24H26N4O3S/c1-19-8-10-23(11-9-19)32(30,31)26(2)22-16-20(17-25-18-22)24(29)28-14-12-27(13-15-28)21-6-4-3-5-7-21/h3-11,16-18H,12-15H2,1-2H3. The summed E-state index contributed by atoms with van der Waals surface area (Å²) >= 11 is 0. The smallest absolute Gasteiger partial charge is 0.264 e. The molecule has 0 spiro atoms. The molecular weight excluding hydrogens is 424 g/mol. The number of aromatic nitrogens is 1. The lowest BCUT2D eigenvalue weighted by Crippen LogP contribution is -2.48. The first-order valence-electron chi connectivity index (χ1n) is 10.5. The summed E-state index contributed by atoms with van der Waals surface area (Å²) in [6, 6.07) is 18.4. The van der Waals surface area contributed by atoms with E-state index < -0.39 is 10.0 Å². The lowest BCUT2D eigenvalue weighted by molar-refractivity contribution is 0.0746. The Morgan fingerprint density at radius 1 is 0.938 bits per heavy atom. The number of piperazine rings is 1. The molecule has 32 heavy (non-hydrogen) atoms. The van der Waals surface area contributed by atoms with Crippen LogP contribution >= 0.6 is 0 Å². The van der Waals surface area contributed by atoms with Crippen molar-refractivity contribution in [3.63, 3.8) is 0 Å². The van der Waals surface area contributed by atoms with E-state index in [1.807, 2.05) is 25.1 Å². The van der Waals surface area contributed by atoms with Gasteiger partial charge in [0.15, 0.2) is 0 Å². The van der Waals surface area contributed by atoms with E-state index in [9.17, 15) is 13.2 Å². The highest BCUT2D eigenvalue weighted by Gasteiger charge is 2.25. The first-order chi connectivity index (χ1) is 15.4. The number of nitrogens with zero attached hydrogens (tertiary/aromatic N) is 4. The van der Waals surface area contributed by atoms with Crippen LogP contribution in [-0.4, -0.2) is 57.4 Å². The maximum Gasteiger partial charge on any atom is 0.264 e. The van der Waals surface area contributed by atoms with E-state index in [1.165, 1.54) is 19.4 Å². The molecule has 0 bridgehead atoms. The number of hydrogen-bond donors (Lipinski definition) is 0. The van der Waals surface area contributed by atoms with Gasteiger partial charge < -0.3 is 9.80 Å². The van der Waals surface area contributed by atoms with E-state index in [1.54, 1.807) is 35.2 Å². The number of hydrogen-bond acceptors (Lipinski definition) is 5. The molecule has 166 valence electrons. The summed E-state index contributed by atoms with van der Waals surface area (Å²) in [4.78, 5) is 21.4. The summed E-state index contributed by atoms with van der Waals surface area (Å²) < 4.78 is 27.2. The van der Waals surface area contributed by atoms with Crippen molar-refractivity contribution in [1.29, 1.82) is 0 Å². The molecule has 0 atom stereocenters. The predicted octanol–water partition coefficient (Wildman–Crippen LogP) is 3.18. The molecule has 8 heteroatoms. The summed E-state index contributed by atoms with van der Waals surface area (Å²) in [5, 5.41) is 0. The zero-order valence-electron chi connectivity index (χ0n) is 18.2. The van der Waals surface area contributed by atoms with Crippen molar-refractivity contribution in [3.8, 4) is 0 Å². The van der Waals surface area contributed by atoms with E-state index in [2.05, 4.69) is 22.0 Å². The largest absolute Gasteiger partial charge is 0.368 e. The molecule has 0 radical (unpaired) electrons. The summed E-state index contributed by atoms with van der Waals surface area (Å²) in [5.74, 6) is -0.145. The number of pyridine rings is 1. The molecule has 0 saturated carbocycles. The third-order valence-corrected chi connectivity index (χ3v) is 7.50. The number of anilines is 2. The third kappa shape index (κ3) is 4.45. The fraction of sp³-hybridized carbons (Fsp3) is 0.250. The van der Waals surface area contributed by atoms with Gasteiger partial charge in [0.25, 0.3) is 15.9 Å². The average molecular weight is 451 g/mol. The monoisotopic (exact) mass is 450 g/mol. The fourth-order valence-corrected chi connectivity index (χ4v) is 4.89. The molecule has 2 heterocycles. The zero-order chi connectivity index (χ0) is 22.7. The Morgan fingerprint density at radius 2 is 1.59 bits per heavy atom. The highest BCUT2D eigenvalue weighted by atomic mass is 32.2. The molecule has 0 unspecified atom stereocenters. The normalized spacial score (nSPS) is 14.3. The van der Waals surface area contributed by atoms with Crippen LogP contribution in [0, 0.1) is 6.92 Å². The van der Waals surface area contributed by atoms with Crippen molar-refractivity contribution in [2.75, 3.05) is 42.4 Å². The number of rotatable bonds is 5. The minimum atomic E-state index is -3.75. The van der Waals surface area contributed by atoms with Crippen LogP contribution in [-0.2, 0) is 10.0 Å². The Balaban J connectivity index is 1.48. The molecule has 1 aliphatic heterocycles. The molecule has 3 aromatic rings. The van der Waals surface area contributed by atoms with Gasteiger partial charge in [-0.05, 0) is 37.3 Å². The number of benzene rings is 2. The maximum absolute atomic E-state index is 13.1. The van der Waals surface area contributed by atoms with E-state index >= 15 is 0 Å². The highest BCUT2D eigenvalue weighted by Crippen LogP contribution is 2.23. The third-order valence-electron chi connectivity index (χ3n) is 5.70. The second-order valence-corrected chi connectivity index (χ2v) is 9.80. The molecule has 1 amide bonds. The molecular formula is C24H26N4O3S. The Hall–Kier alpha value is -3.39. The topological polar surface area (TPSA) is 73.8 Å². The first-order valence-corrected chi connectivity index (χ1v) is 11.9. The number of amides is 1. The van der Waals surface area contributed by atoms with Gasteiger partial charge in [0, 0.05) is 45.1 Å².